The highest BCUT2D eigenvalue weighted by Crippen LogP contribution is 2.18. The number of rotatable bonds is 7. The average Bonchev–Trinajstić information content (AvgIpc) is 2.86. The second-order valence-electron chi connectivity index (χ2n) is 5.55. The van der Waals surface area contributed by atoms with Crippen LogP contribution in [0.3, 0.4) is 0 Å². The topological polar surface area (TPSA) is 47.7 Å². The molecule has 0 amide bonds. The lowest BCUT2D eigenvalue weighted by molar-refractivity contribution is 0.0787. The minimum absolute atomic E-state index is 0.314. The van der Waals surface area contributed by atoms with E-state index in [0.29, 0.717) is 30.2 Å². The van der Waals surface area contributed by atoms with E-state index in [2.05, 4.69) is 18.9 Å². The number of nitrogens with zero attached hydrogens (tertiary/aromatic N) is 1. The van der Waals surface area contributed by atoms with Gasteiger partial charge in [0.05, 0.1) is 11.1 Å². The van der Waals surface area contributed by atoms with Gasteiger partial charge in [-0.15, -0.1) is 0 Å². The molecule has 0 radical (unpaired) electrons. The van der Waals surface area contributed by atoms with Crippen LogP contribution in [0, 0.1) is 0 Å². The zero-order chi connectivity index (χ0) is 15.2. The molecule has 2 rings (SSSR count). The standard InChI is InChI=1S/C16H24N2O2S/c1-12-15(7-9-19-12)18(2)8-10-20-14-5-3-13(4-6-14)11-16(17)21/h3-6,12,15H,7-11H2,1-2H3,(H2,17,21). The van der Waals surface area contributed by atoms with E-state index >= 15 is 0 Å². The van der Waals surface area contributed by atoms with Gasteiger partial charge in [0, 0.05) is 25.6 Å². The Morgan fingerprint density at radius 2 is 2.14 bits per heavy atom. The minimum atomic E-state index is 0.314. The lowest BCUT2D eigenvalue weighted by Gasteiger charge is -2.26. The minimum Gasteiger partial charge on any atom is -0.492 e. The largest absolute Gasteiger partial charge is 0.492 e. The Labute approximate surface area is 132 Å². The summed E-state index contributed by atoms with van der Waals surface area (Å²) in [4.78, 5) is 2.83. The summed E-state index contributed by atoms with van der Waals surface area (Å²) in [5.74, 6) is 0.880. The molecular weight excluding hydrogens is 284 g/mol. The molecule has 0 saturated carbocycles. The molecule has 0 bridgehead atoms. The second kappa shape index (κ2) is 7.73. The fraction of sp³-hybridized carbons (Fsp3) is 0.562. The van der Waals surface area contributed by atoms with Crippen LogP contribution in [0.2, 0.25) is 0 Å². The number of thiocarbonyl (C=S) groups is 1. The number of likely N-dealkylation sites (N-methyl/N-ethyl adjacent to an activating group) is 1. The lowest BCUT2D eigenvalue weighted by Crippen LogP contribution is -2.39. The summed E-state index contributed by atoms with van der Waals surface area (Å²) in [6.45, 7) is 4.57. The van der Waals surface area contributed by atoms with Crippen LogP contribution < -0.4 is 10.5 Å². The monoisotopic (exact) mass is 308 g/mol. The third-order valence-electron chi connectivity index (χ3n) is 3.92. The van der Waals surface area contributed by atoms with Gasteiger partial charge < -0.3 is 15.2 Å². The first-order chi connectivity index (χ1) is 10.1. The number of ether oxygens (including phenoxy) is 2. The normalized spacial score (nSPS) is 21.7. The highest BCUT2D eigenvalue weighted by atomic mass is 32.1. The molecule has 5 heteroatoms. The summed E-state index contributed by atoms with van der Waals surface area (Å²) in [5, 5.41) is 0. The molecule has 1 saturated heterocycles. The van der Waals surface area contributed by atoms with Crippen molar-refractivity contribution in [3.63, 3.8) is 0 Å². The predicted molar refractivity (Wildman–Crippen MR) is 88.9 cm³/mol. The van der Waals surface area contributed by atoms with Crippen molar-refractivity contribution in [2.24, 2.45) is 5.73 Å². The Kier molecular flexibility index (Phi) is 5.96. The molecular formula is C16H24N2O2S. The maximum Gasteiger partial charge on any atom is 0.119 e. The van der Waals surface area contributed by atoms with Crippen molar-refractivity contribution in [2.75, 3.05) is 26.8 Å². The van der Waals surface area contributed by atoms with Gasteiger partial charge in [-0.25, -0.2) is 0 Å². The smallest absolute Gasteiger partial charge is 0.119 e. The molecule has 1 aromatic carbocycles. The quantitative estimate of drug-likeness (QED) is 0.781. The van der Waals surface area contributed by atoms with Gasteiger partial charge in [0.25, 0.3) is 0 Å². The molecule has 1 aromatic rings. The van der Waals surface area contributed by atoms with Crippen molar-refractivity contribution in [1.29, 1.82) is 0 Å². The summed E-state index contributed by atoms with van der Waals surface area (Å²) in [6.07, 6.45) is 2.05. The van der Waals surface area contributed by atoms with Gasteiger partial charge in [-0.2, -0.15) is 0 Å². The molecule has 1 aliphatic heterocycles. The highest BCUT2D eigenvalue weighted by molar-refractivity contribution is 7.80. The molecule has 1 aliphatic rings. The van der Waals surface area contributed by atoms with Crippen LogP contribution in [0.15, 0.2) is 24.3 Å². The molecule has 4 nitrogen and oxygen atoms in total. The van der Waals surface area contributed by atoms with E-state index in [4.69, 9.17) is 27.4 Å². The first-order valence-electron chi connectivity index (χ1n) is 7.38. The van der Waals surface area contributed by atoms with E-state index in [1.54, 1.807) is 0 Å². The summed E-state index contributed by atoms with van der Waals surface area (Å²) in [6, 6.07) is 8.45. The molecule has 2 N–H and O–H groups in total. The van der Waals surface area contributed by atoms with Crippen LogP contribution in [0.5, 0.6) is 5.75 Å². The molecule has 0 aliphatic carbocycles. The number of nitrogens with two attached hydrogens (primary N) is 1. The molecule has 2 atom stereocenters. The van der Waals surface area contributed by atoms with Gasteiger partial charge in [-0.3, -0.25) is 4.90 Å². The predicted octanol–water partition coefficient (Wildman–Crippen LogP) is 2.00. The molecule has 21 heavy (non-hydrogen) atoms. The zero-order valence-electron chi connectivity index (χ0n) is 12.7. The molecule has 1 heterocycles. The van der Waals surface area contributed by atoms with Crippen LogP contribution in [0.25, 0.3) is 0 Å². The number of hydrogen-bond donors (Lipinski definition) is 1. The Morgan fingerprint density at radius 3 is 2.71 bits per heavy atom. The molecule has 0 spiro atoms. The van der Waals surface area contributed by atoms with Gasteiger partial charge in [0.2, 0.25) is 0 Å². The second-order valence-corrected chi connectivity index (χ2v) is 6.07. The summed E-state index contributed by atoms with van der Waals surface area (Å²) >= 11 is 4.90. The molecule has 2 unspecified atom stereocenters. The van der Waals surface area contributed by atoms with Gasteiger partial charge in [0.1, 0.15) is 12.4 Å². The van der Waals surface area contributed by atoms with Crippen LogP contribution in [0.1, 0.15) is 18.9 Å². The first kappa shape index (κ1) is 16.2. The lowest BCUT2D eigenvalue weighted by atomic mass is 10.1. The van der Waals surface area contributed by atoms with E-state index in [9.17, 15) is 0 Å². The van der Waals surface area contributed by atoms with Gasteiger partial charge in [-0.05, 0) is 38.1 Å². The summed E-state index contributed by atoms with van der Waals surface area (Å²) in [5.41, 5.74) is 6.65. The maximum absolute atomic E-state index is 5.78. The van der Waals surface area contributed by atoms with Crippen molar-refractivity contribution < 1.29 is 9.47 Å². The van der Waals surface area contributed by atoms with Crippen molar-refractivity contribution >= 4 is 17.2 Å². The van der Waals surface area contributed by atoms with E-state index in [1.165, 1.54) is 0 Å². The van der Waals surface area contributed by atoms with Crippen LogP contribution >= 0.6 is 12.2 Å². The summed E-state index contributed by atoms with van der Waals surface area (Å²) in [7, 11) is 2.13. The Balaban J connectivity index is 1.74. The first-order valence-corrected chi connectivity index (χ1v) is 7.79. The zero-order valence-corrected chi connectivity index (χ0v) is 13.6. The van der Waals surface area contributed by atoms with Crippen LogP contribution in [-0.4, -0.2) is 48.8 Å². The van der Waals surface area contributed by atoms with E-state index in [-0.39, 0.29) is 0 Å². The molecule has 116 valence electrons. The van der Waals surface area contributed by atoms with Gasteiger partial charge in [-0.1, -0.05) is 24.4 Å². The third-order valence-corrected chi connectivity index (χ3v) is 4.06. The Hall–Kier alpha value is -1.17. The fourth-order valence-corrected chi connectivity index (χ4v) is 2.84. The third kappa shape index (κ3) is 4.95. The van der Waals surface area contributed by atoms with Gasteiger partial charge in [0.15, 0.2) is 0 Å². The summed E-state index contributed by atoms with van der Waals surface area (Å²) < 4.78 is 11.4. The van der Waals surface area contributed by atoms with Crippen LogP contribution in [-0.2, 0) is 11.2 Å². The maximum atomic E-state index is 5.78. The van der Waals surface area contributed by atoms with Crippen molar-refractivity contribution in [3.05, 3.63) is 29.8 Å². The number of benzene rings is 1. The Bertz CT molecular complexity index is 464. The van der Waals surface area contributed by atoms with E-state index in [0.717, 1.165) is 30.9 Å². The van der Waals surface area contributed by atoms with Crippen molar-refractivity contribution in [3.8, 4) is 5.75 Å². The van der Waals surface area contributed by atoms with E-state index < -0.39 is 0 Å². The Morgan fingerprint density at radius 1 is 1.43 bits per heavy atom. The number of hydrogen-bond acceptors (Lipinski definition) is 4. The van der Waals surface area contributed by atoms with Crippen molar-refractivity contribution in [2.45, 2.75) is 31.9 Å². The molecule has 0 aromatic heterocycles. The van der Waals surface area contributed by atoms with Gasteiger partial charge >= 0.3 is 0 Å². The SMILES string of the molecule is CC1OCCC1N(C)CCOc1ccc(CC(N)=S)cc1. The van der Waals surface area contributed by atoms with Crippen molar-refractivity contribution in [1.82, 2.24) is 4.90 Å². The van der Waals surface area contributed by atoms with Crippen LogP contribution in [0.4, 0.5) is 0 Å². The average molecular weight is 308 g/mol. The molecule has 1 fully saturated rings. The van der Waals surface area contributed by atoms with E-state index in [1.807, 2.05) is 24.3 Å². The fourth-order valence-electron chi connectivity index (χ4n) is 2.68. The highest BCUT2D eigenvalue weighted by Gasteiger charge is 2.27.